The summed E-state index contributed by atoms with van der Waals surface area (Å²) in [4.78, 5) is 2.20. The second-order valence-electron chi connectivity index (χ2n) is 8.21. The molecule has 156 valence electrons. The lowest BCUT2D eigenvalue weighted by Gasteiger charge is -2.29. The highest BCUT2D eigenvalue weighted by Crippen LogP contribution is 2.29. The Hall–Kier alpha value is -0.160. The third kappa shape index (κ3) is 8.24. The quantitative estimate of drug-likeness (QED) is 0.355. The van der Waals surface area contributed by atoms with Crippen molar-refractivity contribution >= 4 is 0 Å². The van der Waals surface area contributed by atoms with Crippen LogP contribution < -0.4 is 0 Å². The zero-order valence-electron chi connectivity index (χ0n) is 17.4. The molecule has 0 aromatic carbocycles. The van der Waals surface area contributed by atoms with Crippen LogP contribution in [0, 0.1) is 0 Å². The summed E-state index contributed by atoms with van der Waals surface area (Å²) in [5.74, 6) is 0. The zero-order valence-corrected chi connectivity index (χ0v) is 17.4. The summed E-state index contributed by atoms with van der Waals surface area (Å²) in [5, 5.41) is 30.5. The molecule has 0 saturated carbocycles. The Kier molecular flexibility index (Phi) is 13.6. The predicted molar refractivity (Wildman–Crippen MR) is 109 cm³/mol. The summed E-state index contributed by atoms with van der Waals surface area (Å²) < 4.78 is 0. The average molecular weight is 372 g/mol. The molecule has 0 aromatic heterocycles. The second kappa shape index (κ2) is 14.8. The fraction of sp³-hybridized carbons (Fsp3) is 1.00. The van der Waals surface area contributed by atoms with E-state index in [2.05, 4.69) is 18.7 Å². The van der Waals surface area contributed by atoms with Crippen molar-refractivity contribution in [1.29, 1.82) is 0 Å². The number of nitrogens with zero attached hydrogens (tertiary/aromatic N) is 1. The molecule has 0 aliphatic carbocycles. The van der Waals surface area contributed by atoms with Gasteiger partial charge in [0, 0.05) is 6.04 Å². The van der Waals surface area contributed by atoms with E-state index in [1.165, 1.54) is 70.6 Å². The van der Waals surface area contributed by atoms with Crippen LogP contribution in [0.3, 0.4) is 0 Å². The Morgan fingerprint density at radius 1 is 0.615 bits per heavy atom. The molecule has 0 spiro atoms. The molecule has 1 fully saturated rings. The van der Waals surface area contributed by atoms with Crippen LogP contribution in [0.25, 0.3) is 0 Å². The normalized spacial score (nSPS) is 26.7. The highest BCUT2D eigenvalue weighted by molar-refractivity contribution is 5.00. The van der Waals surface area contributed by atoms with E-state index >= 15 is 0 Å². The number of unbranched alkanes of at least 4 members (excludes halogenated alkanes) is 11. The number of rotatable bonds is 16. The van der Waals surface area contributed by atoms with Gasteiger partial charge in [-0.25, -0.2) is 0 Å². The molecule has 1 aliphatic heterocycles. The van der Waals surface area contributed by atoms with Gasteiger partial charge in [0.25, 0.3) is 0 Å². The summed E-state index contributed by atoms with van der Waals surface area (Å²) in [6.45, 7) is 5.28. The van der Waals surface area contributed by atoms with Crippen molar-refractivity contribution in [2.24, 2.45) is 0 Å². The molecule has 0 bridgehead atoms. The third-order valence-electron chi connectivity index (χ3n) is 6.05. The molecular weight excluding hydrogens is 326 g/mol. The van der Waals surface area contributed by atoms with E-state index in [0.29, 0.717) is 0 Å². The van der Waals surface area contributed by atoms with Crippen LogP contribution in [-0.2, 0) is 0 Å². The van der Waals surface area contributed by atoms with E-state index < -0.39 is 12.2 Å². The summed E-state index contributed by atoms with van der Waals surface area (Å²) in [7, 11) is 0. The maximum atomic E-state index is 10.5. The van der Waals surface area contributed by atoms with E-state index in [0.717, 1.165) is 25.8 Å². The Morgan fingerprint density at radius 2 is 1.08 bits per heavy atom. The van der Waals surface area contributed by atoms with Gasteiger partial charge in [-0.1, -0.05) is 90.9 Å². The smallest absolute Gasteiger partial charge is 0.0991 e. The third-order valence-corrected chi connectivity index (χ3v) is 6.05. The highest BCUT2D eigenvalue weighted by Gasteiger charge is 2.46. The van der Waals surface area contributed by atoms with Crippen LogP contribution in [0.4, 0.5) is 0 Å². The minimum atomic E-state index is -0.811. The van der Waals surface area contributed by atoms with Crippen molar-refractivity contribution in [2.45, 2.75) is 128 Å². The number of aliphatic hydroxyl groups is 3. The fourth-order valence-corrected chi connectivity index (χ4v) is 4.36. The number of hydrogen-bond donors (Lipinski definition) is 3. The van der Waals surface area contributed by atoms with Crippen LogP contribution >= 0.6 is 0 Å². The lowest BCUT2D eigenvalue weighted by Crippen LogP contribution is -2.42. The molecule has 4 atom stereocenters. The molecule has 0 radical (unpaired) electrons. The van der Waals surface area contributed by atoms with E-state index in [-0.39, 0.29) is 18.7 Å². The molecule has 1 heterocycles. The first-order valence-corrected chi connectivity index (χ1v) is 11.4. The first-order chi connectivity index (χ1) is 12.7. The lowest BCUT2D eigenvalue weighted by atomic mass is 10.0. The van der Waals surface area contributed by atoms with Gasteiger partial charge < -0.3 is 15.3 Å². The topological polar surface area (TPSA) is 63.9 Å². The Morgan fingerprint density at radius 3 is 1.62 bits per heavy atom. The van der Waals surface area contributed by atoms with Crippen molar-refractivity contribution < 1.29 is 15.3 Å². The fourth-order valence-electron chi connectivity index (χ4n) is 4.36. The monoisotopic (exact) mass is 371 g/mol. The summed E-state index contributed by atoms with van der Waals surface area (Å²) in [6, 6.07) is -0.288. The van der Waals surface area contributed by atoms with Gasteiger partial charge >= 0.3 is 0 Å². The molecule has 4 nitrogen and oxygen atoms in total. The molecule has 1 rings (SSSR count). The molecule has 4 heteroatoms. The molecule has 3 N–H and O–H groups in total. The lowest BCUT2D eigenvalue weighted by molar-refractivity contribution is 0.0173. The van der Waals surface area contributed by atoms with E-state index in [1.807, 2.05) is 0 Å². The summed E-state index contributed by atoms with van der Waals surface area (Å²) in [6.07, 6.45) is 15.7. The molecule has 0 unspecified atom stereocenters. The maximum Gasteiger partial charge on any atom is 0.0991 e. The van der Waals surface area contributed by atoms with Crippen LogP contribution in [0.1, 0.15) is 104 Å². The second-order valence-corrected chi connectivity index (χ2v) is 8.21. The predicted octanol–water partition coefficient (Wildman–Crippen LogP) is 4.25. The molecule has 0 aromatic rings. The summed E-state index contributed by atoms with van der Waals surface area (Å²) >= 11 is 0. The largest absolute Gasteiger partial charge is 0.395 e. The number of likely N-dealkylation sites (tertiary alicyclic amines) is 1. The molecule has 1 saturated heterocycles. The van der Waals surface area contributed by atoms with E-state index in [1.54, 1.807) is 0 Å². The van der Waals surface area contributed by atoms with Crippen LogP contribution in [0.15, 0.2) is 0 Å². The molecular formula is C22H45NO3. The van der Waals surface area contributed by atoms with Crippen LogP contribution in [-0.4, -0.2) is 57.7 Å². The number of hydrogen-bond acceptors (Lipinski definition) is 4. The maximum absolute atomic E-state index is 10.5. The highest BCUT2D eigenvalue weighted by atomic mass is 16.3. The minimum absolute atomic E-state index is 0.00779. The first-order valence-electron chi connectivity index (χ1n) is 11.4. The van der Waals surface area contributed by atoms with Gasteiger partial charge in [0.2, 0.25) is 0 Å². The average Bonchev–Trinajstić information content (AvgIpc) is 2.87. The van der Waals surface area contributed by atoms with Gasteiger partial charge in [-0.3, -0.25) is 4.90 Å². The SMILES string of the molecule is CCCCCCCCCN1[C@@H](CO)[C@@H](O)[C@H](O)[C@@H]1CCCCCCCC. The van der Waals surface area contributed by atoms with Crippen molar-refractivity contribution in [3.8, 4) is 0 Å². The van der Waals surface area contributed by atoms with Crippen molar-refractivity contribution in [2.75, 3.05) is 13.2 Å². The first kappa shape index (κ1) is 23.9. The Bertz CT molecular complexity index is 327. The van der Waals surface area contributed by atoms with Crippen molar-refractivity contribution in [3.05, 3.63) is 0 Å². The zero-order chi connectivity index (χ0) is 19.2. The van der Waals surface area contributed by atoms with Crippen LogP contribution in [0.2, 0.25) is 0 Å². The van der Waals surface area contributed by atoms with Crippen LogP contribution in [0.5, 0.6) is 0 Å². The molecule has 26 heavy (non-hydrogen) atoms. The number of aliphatic hydroxyl groups excluding tert-OH is 3. The minimum Gasteiger partial charge on any atom is -0.395 e. The molecule has 1 aliphatic rings. The van der Waals surface area contributed by atoms with E-state index in [9.17, 15) is 15.3 Å². The van der Waals surface area contributed by atoms with Gasteiger partial charge in [0.05, 0.1) is 24.9 Å². The van der Waals surface area contributed by atoms with E-state index in [4.69, 9.17) is 0 Å². The van der Waals surface area contributed by atoms with Gasteiger partial charge in [0.15, 0.2) is 0 Å². The van der Waals surface area contributed by atoms with Gasteiger partial charge in [-0.2, -0.15) is 0 Å². The summed E-state index contributed by atoms with van der Waals surface area (Å²) in [5.41, 5.74) is 0. The molecule has 0 amide bonds. The van der Waals surface area contributed by atoms with Gasteiger partial charge in [-0.15, -0.1) is 0 Å². The Labute approximate surface area is 162 Å². The Balaban J connectivity index is 2.35. The van der Waals surface area contributed by atoms with Crippen molar-refractivity contribution in [3.63, 3.8) is 0 Å². The van der Waals surface area contributed by atoms with Gasteiger partial charge in [-0.05, 0) is 19.4 Å². The standard InChI is InChI=1S/C22H45NO3/c1-3-5-7-9-11-13-15-17-23-19(16-14-12-10-8-6-4-2)21(25)22(26)20(23)18-24/h19-22,24-26H,3-18H2,1-2H3/t19-,20-,21+,22+/m0/s1. The van der Waals surface area contributed by atoms with Crippen molar-refractivity contribution in [1.82, 2.24) is 4.90 Å². The van der Waals surface area contributed by atoms with Gasteiger partial charge in [0.1, 0.15) is 0 Å².